The molecule has 0 aliphatic carbocycles. The smallest absolute Gasteiger partial charge is 0.0587 e. The minimum Gasteiger partial charge on any atom is -0.383 e. The van der Waals surface area contributed by atoms with Crippen LogP contribution in [0, 0.1) is 0 Å². The lowest BCUT2D eigenvalue weighted by Crippen LogP contribution is -2.36. The van der Waals surface area contributed by atoms with Crippen molar-refractivity contribution in [1.82, 2.24) is 5.32 Å². The van der Waals surface area contributed by atoms with Crippen molar-refractivity contribution < 1.29 is 9.47 Å². The number of ether oxygens (including phenoxy) is 2. The predicted molar refractivity (Wildman–Crippen MR) is 43.7 cm³/mol. The van der Waals surface area contributed by atoms with Gasteiger partial charge in [-0.3, -0.25) is 0 Å². The molecule has 0 bridgehead atoms. The van der Waals surface area contributed by atoms with E-state index in [0.29, 0.717) is 6.04 Å². The minimum absolute atomic E-state index is 0.652. The van der Waals surface area contributed by atoms with Gasteiger partial charge in [-0.25, -0.2) is 0 Å². The molecule has 0 atom stereocenters. The highest BCUT2D eigenvalue weighted by molar-refractivity contribution is 4.69. The molecule has 1 rings (SSSR count). The molecule has 0 amide bonds. The second-order valence-corrected chi connectivity index (χ2v) is 2.83. The van der Waals surface area contributed by atoms with E-state index in [1.54, 1.807) is 7.11 Å². The van der Waals surface area contributed by atoms with Crippen molar-refractivity contribution in [3.8, 4) is 0 Å². The van der Waals surface area contributed by atoms with Gasteiger partial charge in [-0.15, -0.1) is 0 Å². The Hall–Kier alpha value is -0.120. The van der Waals surface area contributed by atoms with Gasteiger partial charge in [0.1, 0.15) is 0 Å². The fourth-order valence-electron chi connectivity index (χ4n) is 1.27. The first-order chi connectivity index (χ1) is 5.43. The van der Waals surface area contributed by atoms with Gasteiger partial charge >= 0.3 is 0 Å². The second-order valence-electron chi connectivity index (χ2n) is 2.83. The quantitative estimate of drug-likeness (QED) is 0.602. The van der Waals surface area contributed by atoms with Crippen molar-refractivity contribution in [3.05, 3.63) is 0 Å². The summed E-state index contributed by atoms with van der Waals surface area (Å²) in [7, 11) is 1.73. The van der Waals surface area contributed by atoms with Crippen LogP contribution in [0.25, 0.3) is 0 Å². The summed E-state index contributed by atoms with van der Waals surface area (Å²) >= 11 is 0. The van der Waals surface area contributed by atoms with Gasteiger partial charge in [-0.1, -0.05) is 0 Å². The van der Waals surface area contributed by atoms with Gasteiger partial charge in [-0.05, 0) is 12.8 Å². The minimum atomic E-state index is 0.652. The third-order valence-corrected chi connectivity index (χ3v) is 1.96. The largest absolute Gasteiger partial charge is 0.383 e. The average Bonchev–Trinajstić information content (AvgIpc) is 2.07. The number of methoxy groups -OCH3 is 1. The molecular weight excluding hydrogens is 142 g/mol. The van der Waals surface area contributed by atoms with E-state index in [0.717, 1.165) is 39.2 Å². The molecule has 1 fully saturated rings. The molecule has 66 valence electrons. The predicted octanol–water partition coefficient (Wildman–Crippen LogP) is 0.401. The summed E-state index contributed by atoms with van der Waals surface area (Å²) in [5.74, 6) is 0. The SMILES string of the molecule is COCCNC1CCOCC1. The Morgan fingerprint density at radius 1 is 1.45 bits per heavy atom. The molecule has 0 radical (unpaired) electrons. The molecule has 1 saturated heterocycles. The highest BCUT2D eigenvalue weighted by Gasteiger charge is 2.11. The molecule has 0 aromatic carbocycles. The molecule has 0 saturated carbocycles. The first kappa shape index (κ1) is 8.97. The first-order valence-electron chi connectivity index (χ1n) is 4.23. The molecule has 1 aliphatic rings. The summed E-state index contributed by atoms with van der Waals surface area (Å²) in [6, 6.07) is 0.652. The van der Waals surface area contributed by atoms with Crippen molar-refractivity contribution in [1.29, 1.82) is 0 Å². The molecule has 0 aromatic rings. The topological polar surface area (TPSA) is 30.5 Å². The van der Waals surface area contributed by atoms with Crippen LogP contribution in [0.5, 0.6) is 0 Å². The Morgan fingerprint density at radius 2 is 2.18 bits per heavy atom. The normalized spacial score (nSPS) is 20.5. The van der Waals surface area contributed by atoms with Crippen molar-refractivity contribution in [3.63, 3.8) is 0 Å². The molecule has 0 unspecified atom stereocenters. The summed E-state index contributed by atoms with van der Waals surface area (Å²) in [5.41, 5.74) is 0. The molecule has 3 heteroatoms. The number of hydrogen-bond donors (Lipinski definition) is 1. The van der Waals surface area contributed by atoms with Crippen LogP contribution < -0.4 is 5.32 Å². The van der Waals surface area contributed by atoms with E-state index in [-0.39, 0.29) is 0 Å². The van der Waals surface area contributed by atoms with Gasteiger partial charge in [0.05, 0.1) is 6.61 Å². The van der Waals surface area contributed by atoms with Crippen LogP contribution in [0.15, 0.2) is 0 Å². The molecule has 1 heterocycles. The number of nitrogens with one attached hydrogen (secondary N) is 1. The third-order valence-electron chi connectivity index (χ3n) is 1.96. The number of hydrogen-bond acceptors (Lipinski definition) is 3. The average molecular weight is 159 g/mol. The highest BCUT2D eigenvalue weighted by atomic mass is 16.5. The lowest BCUT2D eigenvalue weighted by atomic mass is 10.1. The first-order valence-corrected chi connectivity index (χ1v) is 4.23. The van der Waals surface area contributed by atoms with Gasteiger partial charge in [0, 0.05) is 32.9 Å². The lowest BCUT2D eigenvalue weighted by molar-refractivity contribution is 0.0755. The van der Waals surface area contributed by atoms with Gasteiger partial charge in [0.15, 0.2) is 0 Å². The van der Waals surface area contributed by atoms with E-state index in [1.807, 2.05) is 0 Å². The van der Waals surface area contributed by atoms with Crippen LogP contribution in [0.1, 0.15) is 12.8 Å². The zero-order valence-corrected chi connectivity index (χ0v) is 7.14. The van der Waals surface area contributed by atoms with Crippen LogP contribution in [0.2, 0.25) is 0 Å². The summed E-state index contributed by atoms with van der Waals surface area (Å²) in [6.07, 6.45) is 2.29. The number of rotatable bonds is 4. The molecule has 11 heavy (non-hydrogen) atoms. The van der Waals surface area contributed by atoms with Gasteiger partial charge in [0.2, 0.25) is 0 Å². The van der Waals surface area contributed by atoms with Crippen molar-refractivity contribution in [2.75, 3.05) is 33.5 Å². The third kappa shape index (κ3) is 3.70. The van der Waals surface area contributed by atoms with Gasteiger partial charge in [0.25, 0.3) is 0 Å². The second kappa shape index (κ2) is 5.52. The summed E-state index contributed by atoms with van der Waals surface area (Å²) in [4.78, 5) is 0. The van der Waals surface area contributed by atoms with E-state index >= 15 is 0 Å². The molecule has 0 aromatic heterocycles. The molecule has 0 spiro atoms. The van der Waals surface area contributed by atoms with E-state index in [2.05, 4.69) is 5.32 Å². The fraction of sp³-hybridized carbons (Fsp3) is 1.00. The Balaban J connectivity index is 1.96. The maximum atomic E-state index is 5.23. The van der Waals surface area contributed by atoms with Crippen LogP contribution in [-0.4, -0.2) is 39.5 Å². The van der Waals surface area contributed by atoms with Crippen LogP contribution >= 0.6 is 0 Å². The van der Waals surface area contributed by atoms with E-state index in [4.69, 9.17) is 9.47 Å². The summed E-state index contributed by atoms with van der Waals surface area (Å²) in [5, 5.41) is 3.42. The van der Waals surface area contributed by atoms with Gasteiger partial charge < -0.3 is 14.8 Å². The van der Waals surface area contributed by atoms with E-state index < -0.39 is 0 Å². The molecule has 3 nitrogen and oxygen atoms in total. The van der Waals surface area contributed by atoms with Crippen LogP contribution in [0.3, 0.4) is 0 Å². The molecular formula is C8H17NO2. The van der Waals surface area contributed by atoms with Crippen molar-refractivity contribution >= 4 is 0 Å². The summed E-state index contributed by atoms with van der Waals surface area (Å²) in [6.45, 7) is 3.58. The van der Waals surface area contributed by atoms with E-state index in [1.165, 1.54) is 0 Å². The van der Waals surface area contributed by atoms with Gasteiger partial charge in [-0.2, -0.15) is 0 Å². The standard InChI is InChI=1S/C8H17NO2/c1-10-7-4-9-8-2-5-11-6-3-8/h8-9H,2-7H2,1H3. The van der Waals surface area contributed by atoms with Crippen LogP contribution in [-0.2, 0) is 9.47 Å². The lowest BCUT2D eigenvalue weighted by Gasteiger charge is -2.22. The van der Waals surface area contributed by atoms with Crippen molar-refractivity contribution in [2.24, 2.45) is 0 Å². The fourth-order valence-corrected chi connectivity index (χ4v) is 1.27. The summed E-state index contributed by atoms with van der Waals surface area (Å²) < 4.78 is 10.2. The Kier molecular flexibility index (Phi) is 4.50. The highest BCUT2D eigenvalue weighted by Crippen LogP contribution is 2.05. The maximum Gasteiger partial charge on any atom is 0.0587 e. The Morgan fingerprint density at radius 3 is 2.82 bits per heavy atom. The Bertz CT molecular complexity index is 92.1. The Labute approximate surface area is 68.1 Å². The monoisotopic (exact) mass is 159 g/mol. The van der Waals surface area contributed by atoms with Crippen LogP contribution in [0.4, 0.5) is 0 Å². The zero-order valence-electron chi connectivity index (χ0n) is 7.14. The zero-order chi connectivity index (χ0) is 7.94. The van der Waals surface area contributed by atoms with Crippen molar-refractivity contribution in [2.45, 2.75) is 18.9 Å². The molecule has 1 aliphatic heterocycles. The molecule has 1 N–H and O–H groups in total. The van der Waals surface area contributed by atoms with E-state index in [9.17, 15) is 0 Å². The maximum absolute atomic E-state index is 5.23.